The molecular formula is C27H67NSi4. The van der Waals surface area contributed by atoms with Crippen LogP contribution in [0.4, 0.5) is 0 Å². The van der Waals surface area contributed by atoms with Crippen LogP contribution >= 0.6 is 0 Å². The maximum absolute atomic E-state index is 2.53. The summed E-state index contributed by atoms with van der Waals surface area (Å²) in [4.78, 5) is 2.53. The van der Waals surface area contributed by atoms with E-state index in [4.69, 9.17) is 0 Å². The zero-order valence-electron chi connectivity index (χ0n) is 24.0. The second-order valence-electron chi connectivity index (χ2n) is 10.6. The molecule has 32 heavy (non-hydrogen) atoms. The highest BCUT2D eigenvalue weighted by Crippen LogP contribution is 2.17. The fourth-order valence-electron chi connectivity index (χ4n) is 4.42. The molecule has 0 N–H and O–H groups in total. The van der Waals surface area contributed by atoms with Gasteiger partial charge in [-0.05, 0) is 38.9 Å². The predicted octanol–water partition coefficient (Wildman–Crippen LogP) is 4.70. The van der Waals surface area contributed by atoms with Gasteiger partial charge >= 0.3 is 0 Å². The van der Waals surface area contributed by atoms with E-state index in [2.05, 4.69) is 18.9 Å². The third-order valence-electron chi connectivity index (χ3n) is 6.89. The van der Waals surface area contributed by atoms with Crippen LogP contribution in [-0.4, -0.2) is 66.0 Å². The zero-order valence-corrected chi connectivity index (χ0v) is 32.0. The maximum Gasteiger partial charge on any atom is 0.00279 e. The second-order valence-corrected chi connectivity index (χ2v) is 14.6. The molecule has 5 heteroatoms. The highest BCUT2D eigenvalue weighted by Gasteiger charge is 2.01. The summed E-state index contributed by atoms with van der Waals surface area (Å²) in [5, 5.41) is 0. The molecule has 0 aliphatic carbocycles. The van der Waals surface area contributed by atoms with Crippen LogP contribution in [0.1, 0.15) is 122 Å². The van der Waals surface area contributed by atoms with Crippen LogP contribution in [0.3, 0.4) is 0 Å². The van der Waals surface area contributed by atoms with Gasteiger partial charge < -0.3 is 4.90 Å². The Kier molecular flexibility index (Phi) is 34.8. The Morgan fingerprint density at radius 2 is 0.719 bits per heavy atom. The number of hydrogen-bond donors (Lipinski definition) is 0. The standard InChI is InChI=1S/C14H34Si2.C13H33NSi2/c2*1-14(10-6-2-4-8-12-15)11-7-3-5-9-13-16/h14H,2-13H2,1,15-16H3;2-13H2,1,15-16H3. The first kappa shape index (κ1) is 35.0. The van der Waals surface area contributed by atoms with Crippen LogP contribution in [0.25, 0.3) is 0 Å². The molecule has 0 bridgehead atoms. The molecule has 0 aromatic heterocycles. The van der Waals surface area contributed by atoms with E-state index in [1.165, 1.54) is 194 Å². The first-order chi connectivity index (χ1) is 15.6. The van der Waals surface area contributed by atoms with Gasteiger partial charge in [0.1, 0.15) is 0 Å². The molecule has 196 valence electrons. The van der Waals surface area contributed by atoms with Gasteiger partial charge in [0.15, 0.2) is 0 Å². The van der Waals surface area contributed by atoms with Gasteiger partial charge in [0, 0.05) is 41.0 Å². The fraction of sp³-hybridized carbons (Fsp3) is 1.00. The van der Waals surface area contributed by atoms with Crippen molar-refractivity contribution in [2.45, 2.75) is 147 Å². The molecule has 0 aliphatic rings. The molecule has 0 rings (SSSR count). The lowest BCUT2D eigenvalue weighted by molar-refractivity contribution is 0.315. The van der Waals surface area contributed by atoms with Crippen LogP contribution in [0.2, 0.25) is 24.2 Å². The molecule has 0 aromatic rings. The van der Waals surface area contributed by atoms with Gasteiger partial charge in [-0.3, -0.25) is 0 Å². The summed E-state index contributed by atoms with van der Waals surface area (Å²) in [5.41, 5.74) is 0. The molecule has 0 atom stereocenters. The monoisotopic (exact) mass is 517 g/mol. The largest absolute Gasteiger partial charge is 0.306 e. The van der Waals surface area contributed by atoms with Crippen LogP contribution in [0.5, 0.6) is 0 Å². The van der Waals surface area contributed by atoms with Gasteiger partial charge in [-0.1, -0.05) is 134 Å². The lowest BCUT2D eigenvalue weighted by Gasteiger charge is -2.16. The summed E-state index contributed by atoms with van der Waals surface area (Å²) in [6.07, 6.45) is 26.6. The predicted molar refractivity (Wildman–Crippen MR) is 169 cm³/mol. The molecular weight excluding hydrogens is 451 g/mol. The summed E-state index contributed by atoms with van der Waals surface area (Å²) in [6.45, 7) is 5.10. The van der Waals surface area contributed by atoms with Crippen molar-refractivity contribution >= 4 is 41.0 Å². The maximum atomic E-state index is 2.53. The molecule has 1 nitrogen and oxygen atoms in total. The quantitative estimate of drug-likeness (QED) is 0.132. The summed E-state index contributed by atoms with van der Waals surface area (Å²) in [6, 6.07) is 6.01. The summed E-state index contributed by atoms with van der Waals surface area (Å²) in [7, 11) is 7.90. The number of rotatable bonds is 24. The lowest BCUT2D eigenvalue weighted by Crippen LogP contribution is -2.20. The Balaban J connectivity index is 0. The highest BCUT2D eigenvalue weighted by molar-refractivity contribution is 6.08. The van der Waals surface area contributed by atoms with Gasteiger partial charge in [0.2, 0.25) is 0 Å². The Hall–Kier alpha value is 0.828. The lowest BCUT2D eigenvalue weighted by atomic mass is 9.96. The Morgan fingerprint density at radius 3 is 1.03 bits per heavy atom. The summed E-state index contributed by atoms with van der Waals surface area (Å²) in [5.74, 6) is 0.993. The van der Waals surface area contributed by atoms with E-state index in [1.807, 2.05) is 0 Å². The van der Waals surface area contributed by atoms with Crippen molar-refractivity contribution in [2.24, 2.45) is 5.92 Å². The average Bonchev–Trinajstić information content (AvgIpc) is 2.79. The van der Waals surface area contributed by atoms with Crippen molar-refractivity contribution in [3.8, 4) is 0 Å². The minimum Gasteiger partial charge on any atom is -0.306 e. The third-order valence-corrected chi connectivity index (χ3v) is 9.72. The number of hydrogen-bond acceptors (Lipinski definition) is 1. The average molecular weight is 518 g/mol. The first-order valence-electron chi connectivity index (χ1n) is 15.3. The Labute approximate surface area is 218 Å². The van der Waals surface area contributed by atoms with E-state index in [0.29, 0.717) is 0 Å². The van der Waals surface area contributed by atoms with Crippen molar-refractivity contribution in [1.29, 1.82) is 0 Å². The van der Waals surface area contributed by atoms with Gasteiger partial charge in [-0.2, -0.15) is 0 Å². The first-order valence-corrected chi connectivity index (χ1v) is 21.0. The molecule has 0 radical (unpaired) electrons. The Morgan fingerprint density at radius 1 is 0.438 bits per heavy atom. The van der Waals surface area contributed by atoms with Crippen molar-refractivity contribution in [3.63, 3.8) is 0 Å². The molecule has 0 heterocycles. The van der Waals surface area contributed by atoms with Crippen LogP contribution in [0, 0.1) is 5.92 Å². The molecule has 0 spiro atoms. The minimum absolute atomic E-state index is 0.993. The van der Waals surface area contributed by atoms with Crippen molar-refractivity contribution in [1.82, 2.24) is 4.90 Å². The molecule has 0 aromatic carbocycles. The summed E-state index contributed by atoms with van der Waals surface area (Å²) >= 11 is 0. The van der Waals surface area contributed by atoms with Crippen LogP contribution in [0.15, 0.2) is 0 Å². The molecule has 0 saturated carbocycles. The molecule has 0 amide bonds. The van der Waals surface area contributed by atoms with E-state index in [1.54, 1.807) is 0 Å². The minimum atomic E-state index is 0.993. The molecule has 0 unspecified atom stereocenters. The van der Waals surface area contributed by atoms with Crippen molar-refractivity contribution < 1.29 is 0 Å². The topological polar surface area (TPSA) is 3.24 Å². The third kappa shape index (κ3) is 33.0. The van der Waals surface area contributed by atoms with E-state index in [0.717, 1.165) is 5.92 Å². The van der Waals surface area contributed by atoms with Crippen molar-refractivity contribution in [2.75, 3.05) is 20.1 Å². The van der Waals surface area contributed by atoms with Crippen LogP contribution in [-0.2, 0) is 0 Å². The van der Waals surface area contributed by atoms with Crippen LogP contribution < -0.4 is 0 Å². The zero-order chi connectivity index (χ0) is 24.1. The highest BCUT2D eigenvalue weighted by atomic mass is 28.2. The van der Waals surface area contributed by atoms with E-state index >= 15 is 0 Å². The molecule has 0 aliphatic heterocycles. The molecule has 0 fully saturated rings. The fourth-order valence-corrected chi connectivity index (χ4v) is 6.42. The van der Waals surface area contributed by atoms with Gasteiger partial charge in [-0.25, -0.2) is 0 Å². The molecule has 0 saturated heterocycles. The number of unbranched alkanes of at least 4 members (excludes halogenated alkanes) is 12. The van der Waals surface area contributed by atoms with Gasteiger partial charge in [0.05, 0.1) is 0 Å². The number of nitrogens with zero attached hydrogens (tertiary/aromatic N) is 1. The van der Waals surface area contributed by atoms with E-state index in [9.17, 15) is 0 Å². The normalized spacial score (nSPS) is 12.5. The van der Waals surface area contributed by atoms with Gasteiger partial charge in [-0.15, -0.1) is 0 Å². The van der Waals surface area contributed by atoms with E-state index < -0.39 is 0 Å². The SMILES string of the molecule is CC(CCCCCC[SiH3])CCCCCC[SiH3].CN(CCCCCC[SiH3])CCCCCC[SiH3]. The summed E-state index contributed by atoms with van der Waals surface area (Å²) < 4.78 is 0. The smallest absolute Gasteiger partial charge is 0.00279 e. The van der Waals surface area contributed by atoms with E-state index in [-0.39, 0.29) is 0 Å². The Bertz CT molecular complexity index is 260. The van der Waals surface area contributed by atoms with Crippen molar-refractivity contribution in [3.05, 3.63) is 0 Å². The van der Waals surface area contributed by atoms with Gasteiger partial charge in [0.25, 0.3) is 0 Å². The second kappa shape index (κ2) is 31.8.